The highest BCUT2D eigenvalue weighted by Crippen LogP contribution is 2.35. The zero-order valence-corrected chi connectivity index (χ0v) is 17.4. The number of primary sulfonamides is 1. The second-order valence-corrected chi connectivity index (χ2v) is 8.84. The lowest BCUT2D eigenvalue weighted by Crippen LogP contribution is -2.15. The summed E-state index contributed by atoms with van der Waals surface area (Å²) in [5.41, 5.74) is 1.28. The van der Waals surface area contributed by atoms with Crippen LogP contribution in [-0.4, -0.2) is 41.6 Å². The molecule has 0 radical (unpaired) electrons. The van der Waals surface area contributed by atoms with Crippen molar-refractivity contribution in [2.45, 2.75) is 10.1 Å². The summed E-state index contributed by atoms with van der Waals surface area (Å²) in [5.74, 6) is 1.80. The third kappa shape index (κ3) is 4.25. The molecule has 10 nitrogen and oxygen atoms in total. The number of carbonyl (C=O) groups is 1. The molecule has 0 bridgehead atoms. The van der Waals surface area contributed by atoms with Gasteiger partial charge in [0, 0.05) is 18.3 Å². The lowest BCUT2D eigenvalue weighted by molar-refractivity contribution is -0.113. The van der Waals surface area contributed by atoms with Crippen LogP contribution in [0.25, 0.3) is 11.4 Å². The number of anilines is 1. The van der Waals surface area contributed by atoms with Gasteiger partial charge in [-0.05, 0) is 42.5 Å². The second kappa shape index (κ2) is 7.97. The first kappa shape index (κ1) is 20.2. The van der Waals surface area contributed by atoms with E-state index in [1.807, 2.05) is 25.2 Å². The molecule has 3 aromatic rings. The molecular weight excluding hydrogens is 430 g/mol. The number of sulfonamides is 1. The summed E-state index contributed by atoms with van der Waals surface area (Å²) in [6.45, 7) is 0.193. The number of nitrogens with two attached hydrogens (primary N) is 1. The van der Waals surface area contributed by atoms with Crippen LogP contribution in [0.4, 0.5) is 5.69 Å². The normalized spacial score (nSPS) is 12.7. The van der Waals surface area contributed by atoms with E-state index < -0.39 is 10.0 Å². The van der Waals surface area contributed by atoms with Crippen LogP contribution in [0.2, 0.25) is 0 Å². The maximum Gasteiger partial charge on any atom is 0.238 e. The molecule has 0 aliphatic carbocycles. The minimum absolute atomic E-state index is 0.0231. The number of benzene rings is 2. The SMILES string of the molecule is Cn1c(SCC(=O)Nc2ccc(S(N)(=O)=O)cc2)nnc1-c1ccc2c(c1)OCO2. The van der Waals surface area contributed by atoms with Gasteiger partial charge in [-0.2, -0.15) is 0 Å². The quantitative estimate of drug-likeness (QED) is 0.543. The first-order valence-corrected chi connectivity index (χ1v) is 11.2. The van der Waals surface area contributed by atoms with Crippen molar-refractivity contribution >= 4 is 33.4 Å². The third-order valence-electron chi connectivity index (χ3n) is 4.26. The van der Waals surface area contributed by atoms with Gasteiger partial charge in [-0.15, -0.1) is 10.2 Å². The zero-order valence-electron chi connectivity index (χ0n) is 15.7. The highest BCUT2D eigenvalue weighted by Gasteiger charge is 2.18. The Bertz CT molecular complexity index is 1210. The van der Waals surface area contributed by atoms with Crippen LogP contribution in [0.3, 0.4) is 0 Å². The largest absolute Gasteiger partial charge is 0.454 e. The smallest absolute Gasteiger partial charge is 0.238 e. The van der Waals surface area contributed by atoms with Crippen molar-refractivity contribution in [3.8, 4) is 22.9 Å². The van der Waals surface area contributed by atoms with Gasteiger partial charge in [0.05, 0.1) is 10.6 Å². The molecule has 1 aliphatic heterocycles. The Kier molecular flexibility index (Phi) is 5.37. The molecule has 2 heterocycles. The second-order valence-electron chi connectivity index (χ2n) is 6.34. The van der Waals surface area contributed by atoms with Crippen molar-refractivity contribution in [3.05, 3.63) is 42.5 Å². The van der Waals surface area contributed by atoms with Crippen molar-refractivity contribution in [2.24, 2.45) is 12.2 Å². The number of nitrogens with zero attached hydrogens (tertiary/aromatic N) is 3. The number of amides is 1. The molecule has 3 N–H and O–H groups in total. The molecule has 0 unspecified atom stereocenters. The Morgan fingerprint density at radius 2 is 1.90 bits per heavy atom. The molecule has 0 spiro atoms. The van der Waals surface area contributed by atoms with Crippen LogP contribution in [0, 0.1) is 0 Å². The number of fused-ring (bicyclic) bond motifs is 1. The van der Waals surface area contributed by atoms with Gasteiger partial charge in [0.1, 0.15) is 0 Å². The first-order chi connectivity index (χ1) is 14.3. The summed E-state index contributed by atoms with van der Waals surface area (Å²) >= 11 is 1.23. The number of hydrogen-bond donors (Lipinski definition) is 2. The van der Waals surface area contributed by atoms with Gasteiger partial charge in [0.2, 0.25) is 22.7 Å². The van der Waals surface area contributed by atoms with E-state index in [0.717, 1.165) is 5.56 Å². The lowest BCUT2D eigenvalue weighted by atomic mass is 10.2. The number of aromatic nitrogens is 3. The topological polar surface area (TPSA) is 138 Å². The van der Waals surface area contributed by atoms with E-state index in [9.17, 15) is 13.2 Å². The monoisotopic (exact) mass is 447 g/mol. The Hall–Kier alpha value is -3.09. The minimum Gasteiger partial charge on any atom is -0.454 e. The van der Waals surface area contributed by atoms with Crippen molar-refractivity contribution in [1.82, 2.24) is 14.8 Å². The van der Waals surface area contributed by atoms with Gasteiger partial charge >= 0.3 is 0 Å². The highest BCUT2D eigenvalue weighted by atomic mass is 32.2. The summed E-state index contributed by atoms with van der Waals surface area (Å²) in [7, 11) is -1.96. The summed E-state index contributed by atoms with van der Waals surface area (Å²) in [6.07, 6.45) is 0. The van der Waals surface area contributed by atoms with E-state index in [0.29, 0.717) is 28.2 Å². The predicted octanol–water partition coefficient (Wildman–Crippen LogP) is 1.59. The maximum atomic E-state index is 12.2. The third-order valence-corrected chi connectivity index (χ3v) is 6.21. The van der Waals surface area contributed by atoms with Crippen LogP contribution >= 0.6 is 11.8 Å². The Morgan fingerprint density at radius 3 is 2.63 bits per heavy atom. The Labute approximate surface area is 176 Å². The molecule has 2 aromatic carbocycles. The predicted molar refractivity (Wildman–Crippen MR) is 110 cm³/mol. The van der Waals surface area contributed by atoms with Crippen LogP contribution < -0.4 is 19.9 Å². The Balaban J connectivity index is 1.39. The Morgan fingerprint density at radius 1 is 1.17 bits per heavy atom. The summed E-state index contributed by atoms with van der Waals surface area (Å²) < 4.78 is 35.0. The van der Waals surface area contributed by atoms with E-state index in [1.165, 1.54) is 36.0 Å². The van der Waals surface area contributed by atoms with E-state index >= 15 is 0 Å². The minimum atomic E-state index is -3.77. The van der Waals surface area contributed by atoms with Gasteiger partial charge in [-0.25, -0.2) is 13.6 Å². The molecule has 0 fully saturated rings. The fraction of sp³-hybridized carbons (Fsp3) is 0.167. The summed E-state index contributed by atoms with van der Waals surface area (Å²) in [5, 5.41) is 16.7. The van der Waals surface area contributed by atoms with Crippen LogP contribution in [0.1, 0.15) is 0 Å². The number of hydrogen-bond acceptors (Lipinski definition) is 8. The summed E-state index contributed by atoms with van der Waals surface area (Å²) in [4.78, 5) is 12.2. The highest BCUT2D eigenvalue weighted by molar-refractivity contribution is 7.99. The van der Waals surface area contributed by atoms with E-state index in [1.54, 1.807) is 4.57 Å². The van der Waals surface area contributed by atoms with E-state index in [4.69, 9.17) is 14.6 Å². The average molecular weight is 447 g/mol. The van der Waals surface area contributed by atoms with Gasteiger partial charge in [-0.1, -0.05) is 11.8 Å². The molecule has 0 saturated carbocycles. The van der Waals surface area contributed by atoms with Crippen molar-refractivity contribution in [2.75, 3.05) is 17.9 Å². The molecule has 156 valence electrons. The van der Waals surface area contributed by atoms with E-state index in [2.05, 4.69) is 15.5 Å². The van der Waals surface area contributed by atoms with Gasteiger partial charge in [0.25, 0.3) is 0 Å². The number of thioether (sulfide) groups is 1. The lowest BCUT2D eigenvalue weighted by Gasteiger charge is -2.07. The van der Waals surface area contributed by atoms with Crippen LogP contribution in [0.15, 0.2) is 52.5 Å². The number of carbonyl (C=O) groups excluding carboxylic acids is 1. The van der Waals surface area contributed by atoms with Crippen molar-refractivity contribution < 1.29 is 22.7 Å². The first-order valence-electron chi connectivity index (χ1n) is 8.66. The average Bonchev–Trinajstić information content (AvgIpc) is 3.32. The number of nitrogens with one attached hydrogen (secondary N) is 1. The summed E-state index contributed by atoms with van der Waals surface area (Å²) in [6, 6.07) is 11.1. The van der Waals surface area contributed by atoms with Crippen LogP contribution in [-0.2, 0) is 21.9 Å². The van der Waals surface area contributed by atoms with Crippen LogP contribution in [0.5, 0.6) is 11.5 Å². The van der Waals surface area contributed by atoms with Crippen molar-refractivity contribution in [3.63, 3.8) is 0 Å². The van der Waals surface area contributed by atoms with Gasteiger partial charge in [0.15, 0.2) is 22.5 Å². The van der Waals surface area contributed by atoms with E-state index in [-0.39, 0.29) is 23.3 Å². The molecule has 0 atom stereocenters. The van der Waals surface area contributed by atoms with Crippen molar-refractivity contribution in [1.29, 1.82) is 0 Å². The molecule has 1 aliphatic rings. The fourth-order valence-corrected chi connectivity index (χ4v) is 4.01. The number of rotatable bonds is 6. The van der Waals surface area contributed by atoms with Gasteiger partial charge < -0.3 is 19.4 Å². The standard InChI is InChI=1S/C18H17N5O5S2/c1-23-17(11-2-7-14-15(8-11)28-10-27-14)21-22-18(23)29-9-16(24)20-12-3-5-13(6-4-12)30(19,25)26/h2-8H,9-10H2,1H3,(H,20,24)(H2,19,25,26). The molecule has 30 heavy (non-hydrogen) atoms. The maximum absolute atomic E-state index is 12.2. The molecular formula is C18H17N5O5S2. The van der Waals surface area contributed by atoms with Gasteiger partial charge in [-0.3, -0.25) is 4.79 Å². The molecule has 1 amide bonds. The fourth-order valence-electron chi connectivity index (χ4n) is 2.78. The number of ether oxygens (including phenoxy) is 2. The molecule has 0 saturated heterocycles. The zero-order chi connectivity index (χ0) is 21.3. The molecule has 12 heteroatoms. The molecule has 1 aromatic heterocycles. The molecule has 4 rings (SSSR count).